The molecule has 0 aliphatic heterocycles. The Kier molecular flexibility index (Phi) is 3.23. The Bertz CT molecular complexity index is 1050. The number of methoxy groups -OCH3 is 1. The molecule has 0 atom stereocenters. The van der Waals surface area contributed by atoms with Gasteiger partial charge in [0.2, 0.25) is 0 Å². The third kappa shape index (κ3) is 2.12. The van der Waals surface area contributed by atoms with Gasteiger partial charge in [-0.1, -0.05) is 0 Å². The van der Waals surface area contributed by atoms with Crippen LogP contribution in [0.5, 0.6) is 5.75 Å². The zero-order valence-electron chi connectivity index (χ0n) is 12.9. The van der Waals surface area contributed by atoms with Gasteiger partial charge < -0.3 is 4.74 Å². The summed E-state index contributed by atoms with van der Waals surface area (Å²) in [5, 5.41) is 0. The molecule has 1 fully saturated rings. The van der Waals surface area contributed by atoms with Crippen LogP contribution >= 0.6 is 0 Å². The second kappa shape index (κ2) is 5.30. The van der Waals surface area contributed by atoms with Gasteiger partial charge in [-0.25, -0.2) is 9.18 Å². The van der Waals surface area contributed by atoms with Crippen molar-refractivity contribution < 1.29 is 9.13 Å². The number of rotatable bonds is 3. The van der Waals surface area contributed by atoms with Crippen LogP contribution < -0.4 is 16.0 Å². The molecule has 3 heterocycles. The Balaban J connectivity index is 2.20. The van der Waals surface area contributed by atoms with Crippen LogP contribution in [0.4, 0.5) is 4.39 Å². The second-order valence-electron chi connectivity index (χ2n) is 5.79. The Labute approximate surface area is 135 Å². The average molecular weight is 327 g/mol. The Morgan fingerprint density at radius 3 is 2.62 bits per heavy atom. The van der Waals surface area contributed by atoms with Gasteiger partial charge in [0.05, 0.1) is 18.9 Å². The second-order valence-corrected chi connectivity index (χ2v) is 5.79. The Hall–Kier alpha value is -2.96. The van der Waals surface area contributed by atoms with Crippen molar-refractivity contribution in [2.24, 2.45) is 0 Å². The number of aromatic nitrogens is 3. The van der Waals surface area contributed by atoms with Crippen molar-refractivity contribution >= 4 is 5.52 Å². The SMILES string of the molecule is COc1c(-c2ccncc2)c(F)cn2c(=O)[nH]c(=O)c(C3CC3)c12. The molecule has 7 heteroatoms. The van der Waals surface area contributed by atoms with Gasteiger partial charge in [-0.3, -0.25) is 19.2 Å². The summed E-state index contributed by atoms with van der Waals surface area (Å²) in [7, 11) is 1.40. The fourth-order valence-electron chi connectivity index (χ4n) is 3.06. The zero-order chi connectivity index (χ0) is 16.8. The lowest BCUT2D eigenvalue weighted by molar-refractivity contribution is 0.415. The van der Waals surface area contributed by atoms with Gasteiger partial charge in [0.15, 0.2) is 11.6 Å². The number of nitrogens with one attached hydrogen (secondary N) is 1. The molecule has 6 nitrogen and oxygen atoms in total. The number of halogens is 1. The minimum Gasteiger partial charge on any atom is -0.494 e. The standard InChI is InChI=1S/C17H14FN3O3/c1-24-15-12(10-4-6-19-7-5-10)11(18)8-21-14(15)13(9-2-3-9)16(22)20-17(21)23/h4-9H,2-3H2,1H3,(H,20,22,23). The van der Waals surface area contributed by atoms with E-state index < -0.39 is 17.1 Å². The summed E-state index contributed by atoms with van der Waals surface area (Å²) in [5.74, 6) is -0.359. The van der Waals surface area contributed by atoms with Gasteiger partial charge >= 0.3 is 5.69 Å². The molecule has 3 aromatic heterocycles. The van der Waals surface area contributed by atoms with E-state index in [1.165, 1.54) is 7.11 Å². The highest BCUT2D eigenvalue weighted by atomic mass is 19.1. The molecule has 0 spiro atoms. The Morgan fingerprint density at radius 2 is 2.00 bits per heavy atom. The molecule has 1 aliphatic rings. The highest BCUT2D eigenvalue weighted by molar-refractivity contribution is 5.82. The maximum absolute atomic E-state index is 14.7. The molecule has 1 N–H and O–H groups in total. The molecule has 0 amide bonds. The topological polar surface area (TPSA) is 76.5 Å². The predicted molar refractivity (Wildman–Crippen MR) is 86.0 cm³/mol. The first kappa shape index (κ1) is 14.6. The first-order chi connectivity index (χ1) is 11.6. The molecule has 0 radical (unpaired) electrons. The lowest BCUT2D eigenvalue weighted by Gasteiger charge is -2.16. The summed E-state index contributed by atoms with van der Waals surface area (Å²) < 4.78 is 21.3. The van der Waals surface area contributed by atoms with E-state index in [1.807, 2.05) is 0 Å². The number of pyridine rings is 2. The maximum Gasteiger partial charge on any atom is 0.333 e. The van der Waals surface area contributed by atoms with E-state index in [9.17, 15) is 14.0 Å². The summed E-state index contributed by atoms with van der Waals surface area (Å²) in [4.78, 5) is 30.6. The fourth-order valence-corrected chi connectivity index (χ4v) is 3.06. The van der Waals surface area contributed by atoms with Gasteiger partial charge in [-0.05, 0) is 36.5 Å². The van der Waals surface area contributed by atoms with Crippen molar-refractivity contribution in [3.05, 3.63) is 62.9 Å². The highest BCUT2D eigenvalue weighted by Crippen LogP contribution is 2.44. The van der Waals surface area contributed by atoms with Crippen LogP contribution in [-0.2, 0) is 0 Å². The molecule has 0 saturated heterocycles. The summed E-state index contributed by atoms with van der Waals surface area (Å²) >= 11 is 0. The van der Waals surface area contributed by atoms with Crippen molar-refractivity contribution in [1.82, 2.24) is 14.4 Å². The van der Waals surface area contributed by atoms with Crippen LogP contribution in [0, 0.1) is 5.82 Å². The smallest absolute Gasteiger partial charge is 0.333 e. The van der Waals surface area contributed by atoms with Crippen molar-refractivity contribution in [3.63, 3.8) is 0 Å². The number of ether oxygens (including phenoxy) is 1. The molecular formula is C17H14FN3O3. The lowest BCUT2D eigenvalue weighted by atomic mass is 10.0. The van der Waals surface area contributed by atoms with Gasteiger partial charge in [-0.2, -0.15) is 0 Å². The minimum absolute atomic E-state index is 0.0639. The number of hydrogen-bond donors (Lipinski definition) is 1. The third-order valence-corrected chi connectivity index (χ3v) is 4.26. The molecule has 1 saturated carbocycles. The number of nitrogens with zero attached hydrogens (tertiary/aromatic N) is 2. The summed E-state index contributed by atoms with van der Waals surface area (Å²) in [5.41, 5.74) is 0.470. The predicted octanol–water partition coefficient (Wildman–Crippen LogP) is 2.07. The molecule has 0 unspecified atom stereocenters. The first-order valence-corrected chi connectivity index (χ1v) is 7.57. The molecule has 3 aromatic rings. The summed E-state index contributed by atoms with van der Waals surface area (Å²) in [6, 6.07) is 3.30. The van der Waals surface area contributed by atoms with Crippen molar-refractivity contribution in [2.75, 3.05) is 7.11 Å². The van der Waals surface area contributed by atoms with Crippen LogP contribution in [0.3, 0.4) is 0 Å². The van der Waals surface area contributed by atoms with Gasteiger partial charge in [0.25, 0.3) is 5.56 Å². The number of fused-ring (bicyclic) bond motifs is 1. The van der Waals surface area contributed by atoms with E-state index in [0.717, 1.165) is 23.4 Å². The van der Waals surface area contributed by atoms with E-state index >= 15 is 0 Å². The number of hydrogen-bond acceptors (Lipinski definition) is 4. The van der Waals surface area contributed by atoms with Crippen LogP contribution in [0.15, 0.2) is 40.3 Å². The zero-order valence-corrected chi connectivity index (χ0v) is 12.9. The third-order valence-electron chi connectivity index (χ3n) is 4.26. The van der Waals surface area contributed by atoms with Crippen LogP contribution in [0.25, 0.3) is 16.6 Å². The van der Waals surface area contributed by atoms with E-state index in [4.69, 9.17) is 4.74 Å². The van der Waals surface area contributed by atoms with Crippen molar-refractivity contribution in [3.8, 4) is 16.9 Å². The van der Waals surface area contributed by atoms with Gasteiger partial charge in [0, 0.05) is 18.0 Å². The van der Waals surface area contributed by atoms with Crippen LogP contribution in [0.2, 0.25) is 0 Å². The van der Waals surface area contributed by atoms with E-state index in [2.05, 4.69) is 9.97 Å². The molecular weight excluding hydrogens is 313 g/mol. The average Bonchev–Trinajstić information content (AvgIpc) is 3.40. The Morgan fingerprint density at radius 1 is 1.29 bits per heavy atom. The lowest BCUT2D eigenvalue weighted by Crippen LogP contribution is -2.29. The first-order valence-electron chi connectivity index (χ1n) is 7.57. The quantitative estimate of drug-likeness (QED) is 0.799. The van der Waals surface area contributed by atoms with Crippen molar-refractivity contribution in [2.45, 2.75) is 18.8 Å². The van der Waals surface area contributed by atoms with Gasteiger partial charge in [-0.15, -0.1) is 0 Å². The minimum atomic E-state index is -0.683. The molecule has 1 aliphatic carbocycles. The fraction of sp³-hybridized carbons (Fsp3) is 0.235. The van der Waals surface area contributed by atoms with E-state index in [1.54, 1.807) is 24.5 Å². The maximum atomic E-state index is 14.7. The molecule has 122 valence electrons. The summed E-state index contributed by atoms with van der Waals surface area (Å²) in [6.45, 7) is 0. The van der Waals surface area contributed by atoms with Crippen LogP contribution in [0.1, 0.15) is 24.3 Å². The van der Waals surface area contributed by atoms with E-state index in [-0.39, 0.29) is 17.2 Å². The molecule has 4 rings (SSSR count). The molecule has 24 heavy (non-hydrogen) atoms. The summed E-state index contributed by atoms with van der Waals surface area (Å²) in [6.07, 6.45) is 5.91. The number of H-pyrrole nitrogens is 1. The van der Waals surface area contributed by atoms with Crippen molar-refractivity contribution in [1.29, 1.82) is 0 Å². The number of aromatic amines is 1. The molecule has 0 aromatic carbocycles. The molecule has 0 bridgehead atoms. The monoisotopic (exact) mass is 327 g/mol. The van der Waals surface area contributed by atoms with Crippen LogP contribution in [-0.4, -0.2) is 21.5 Å². The normalized spacial score (nSPS) is 14.1. The van der Waals surface area contributed by atoms with E-state index in [0.29, 0.717) is 16.6 Å². The van der Waals surface area contributed by atoms with Gasteiger partial charge in [0.1, 0.15) is 5.52 Å². The largest absolute Gasteiger partial charge is 0.494 e. The highest BCUT2D eigenvalue weighted by Gasteiger charge is 2.32.